The Balaban J connectivity index is 1.16. The van der Waals surface area contributed by atoms with E-state index in [1.54, 1.807) is 0 Å². The van der Waals surface area contributed by atoms with Gasteiger partial charge < -0.3 is 24.3 Å². The molecule has 8 heteroatoms. The second-order valence-electron chi connectivity index (χ2n) is 14.9. The molecule has 0 radical (unpaired) electrons. The SMILES string of the molecule is COC(=O)C1(Nc2cccc(Cl)c2)CCC2(CC1)c1cc3c(cc1C[C@@H]2C[C@@H](C)COc1ccnc2c1[C@H](C)CCC2)OCC[C@H](C)O3. The first kappa shape index (κ1) is 33.1. The summed E-state index contributed by atoms with van der Waals surface area (Å²) in [7, 11) is 1.48. The van der Waals surface area contributed by atoms with Crippen molar-refractivity contribution in [3.63, 3.8) is 0 Å². The Labute approximate surface area is 290 Å². The summed E-state index contributed by atoms with van der Waals surface area (Å²) in [4.78, 5) is 18.2. The maximum Gasteiger partial charge on any atom is 0.331 e. The molecule has 1 spiro atoms. The van der Waals surface area contributed by atoms with E-state index in [-0.39, 0.29) is 17.5 Å². The zero-order chi connectivity index (χ0) is 33.5. The molecule has 7 nitrogen and oxygen atoms in total. The van der Waals surface area contributed by atoms with Gasteiger partial charge in [-0.15, -0.1) is 0 Å². The molecule has 256 valence electrons. The van der Waals surface area contributed by atoms with E-state index in [1.807, 2.05) is 30.5 Å². The molecule has 0 amide bonds. The molecule has 1 N–H and O–H groups in total. The van der Waals surface area contributed by atoms with E-state index in [9.17, 15) is 4.79 Å². The molecule has 48 heavy (non-hydrogen) atoms. The molecule has 0 unspecified atom stereocenters. The minimum atomic E-state index is -0.830. The summed E-state index contributed by atoms with van der Waals surface area (Å²) in [5.74, 6) is 3.67. The maximum absolute atomic E-state index is 13.5. The molecule has 2 aromatic carbocycles. The number of benzene rings is 2. The minimum Gasteiger partial charge on any atom is -0.493 e. The maximum atomic E-state index is 13.5. The van der Waals surface area contributed by atoms with Gasteiger partial charge in [0, 0.05) is 34.6 Å². The monoisotopic (exact) mass is 672 g/mol. The van der Waals surface area contributed by atoms with Crippen molar-refractivity contribution >= 4 is 23.3 Å². The van der Waals surface area contributed by atoms with Gasteiger partial charge in [-0.2, -0.15) is 0 Å². The number of methoxy groups -OCH3 is 1. The average molecular weight is 673 g/mol. The molecule has 1 aromatic heterocycles. The molecule has 4 atom stereocenters. The Morgan fingerprint density at radius 2 is 1.94 bits per heavy atom. The summed E-state index contributed by atoms with van der Waals surface area (Å²) < 4.78 is 24.6. The number of carbonyl (C=O) groups excluding carboxylic acids is 1. The molecule has 0 saturated heterocycles. The number of carbonyl (C=O) groups is 1. The Morgan fingerprint density at radius 1 is 1.10 bits per heavy atom. The number of halogens is 1. The lowest BCUT2D eigenvalue weighted by atomic mass is 9.59. The molecular formula is C40H49ClN2O5. The van der Waals surface area contributed by atoms with E-state index >= 15 is 0 Å². The van der Waals surface area contributed by atoms with Crippen molar-refractivity contribution in [1.29, 1.82) is 0 Å². The number of anilines is 1. The Hall–Kier alpha value is -3.45. The molecule has 3 aliphatic carbocycles. The first-order chi connectivity index (χ1) is 23.2. The third-order valence-corrected chi connectivity index (χ3v) is 11.9. The smallest absolute Gasteiger partial charge is 0.331 e. The van der Waals surface area contributed by atoms with E-state index in [4.69, 9.17) is 30.5 Å². The topological polar surface area (TPSA) is 78.9 Å². The molecule has 1 fully saturated rings. The third-order valence-electron chi connectivity index (χ3n) is 11.6. The molecule has 1 saturated carbocycles. The second-order valence-corrected chi connectivity index (χ2v) is 15.3. The first-order valence-corrected chi connectivity index (χ1v) is 18.3. The van der Waals surface area contributed by atoms with Crippen LogP contribution >= 0.6 is 11.6 Å². The normalized spacial score (nSPS) is 28.1. The highest BCUT2D eigenvalue weighted by atomic mass is 35.5. The van der Waals surface area contributed by atoms with Gasteiger partial charge in [-0.1, -0.05) is 31.5 Å². The van der Waals surface area contributed by atoms with Gasteiger partial charge in [0.25, 0.3) is 0 Å². The summed E-state index contributed by atoms with van der Waals surface area (Å²) in [5, 5.41) is 4.21. The fraction of sp³-hybridized carbons (Fsp3) is 0.550. The Kier molecular flexibility index (Phi) is 9.27. The molecule has 3 aromatic rings. The van der Waals surface area contributed by atoms with Crippen molar-refractivity contribution in [3.05, 3.63) is 76.1 Å². The largest absolute Gasteiger partial charge is 0.493 e. The number of hydrogen-bond donors (Lipinski definition) is 1. The number of esters is 1. The van der Waals surface area contributed by atoms with Crippen molar-refractivity contribution in [2.24, 2.45) is 11.8 Å². The van der Waals surface area contributed by atoms with E-state index < -0.39 is 5.54 Å². The lowest BCUT2D eigenvalue weighted by Gasteiger charge is -2.47. The number of aromatic nitrogens is 1. The van der Waals surface area contributed by atoms with Crippen LogP contribution in [0.3, 0.4) is 0 Å². The number of nitrogens with one attached hydrogen (secondary N) is 1. The number of aryl methyl sites for hydroxylation is 1. The number of fused-ring (bicyclic) bond motifs is 4. The predicted octanol–water partition coefficient (Wildman–Crippen LogP) is 8.84. The highest BCUT2D eigenvalue weighted by molar-refractivity contribution is 6.30. The van der Waals surface area contributed by atoms with Crippen LogP contribution in [0.4, 0.5) is 5.69 Å². The number of ether oxygens (including phenoxy) is 4. The van der Waals surface area contributed by atoms with Gasteiger partial charge in [0.1, 0.15) is 11.3 Å². The number of hydrogen-bond acceptors (Lipinski definition) is 7. The molecule has 4 aliphatic rings. The summed E-state index contributed by atoms with van der Waals surface area (Å²) >= 11 is 6.34. The van der Waals surface area contributed by atoms with Gasteiger partial charge in [0.2, 0.25) is 0 Å². The van der Waals surface area contributed by atoms with Crippen LogP contribution in [0.5, 0.6) is 17.2 Å². The lowest BCUT2D eigenvalue weighted by molar-refractivity contribution is -0.148. The van der Waals surface area contributed by atoms with Gasteiger partial charge in [0.05, 0.1) is 26.4 Å². The van der Waals surface area contributed by atoms with Crippen LogP contribution < -0.4 is 19.5 Å². The molecule has 2 heterocycles. The van der Waals surface area contributed by atoms with E-state index in [2.05, 4.69) is 49.3 Å². The molecule has 7 rings (SSSR count). The molecule has 1 aliphatic heterocycles. The van der Waals surface area contributed by atoms with Gasteiger partial charge in [-0.05, 0) is 135 Å². The van der Waals surface area contributed by atoms with Gasteiger partial charge >= 0.3 is 5.97 Å². The second kappa shape index (κ2) is 13.5. The van der Waals surface area contributed by atoms with Gasteiger partial charge in [0.15, 0.2) is 11.5 Å². The summed E-state index contributed by atoms with van der Waals surface area (Å²) in [6.07, 6.45) is 11.3. The zero-order valence-corrected chi connectivity index (χ0v) is 29.5. The van der Waals surface area contributed by atoms with Crippen LogP contribution in [0.25, 0.3) is 0 Å². The zero-order valence-electron chi connectivity index (χ0n) is 28.8. The van der Waals surface area contributed by atoms with Crippen molar-refractivity contribution in [2.75, 3.05) is 25.6 Å². The van der Waals surface area contributed by atoms with Crippen LogP contribution in [0.1, 0.15) is 100 Å². The standard InChI is InChI=1S/C40H49ClN2O5/c1-25(24-47-34-11-17-42-33-10-5-7-26(2)37(33)34)19-29-20-28-21-35-36(48-27(3)12-18-46-35)23-32(28)39(29)13-15-40(16-14-39,38(44)45-4)43-31-9-6-8-30(41)22-31/h6,8-9,11,17,21-23,25-27,29,43H,5,7,10,12-16,18-20,24H2,1-4H3/t25-,26-,27+,29+,39?,40?/m1/s1. The first-order valence-electron chi connectivity index (χ1n) is 17.9. The van der Waals surface area contributed by atoms with Crippen LogP contribution in [0.15, 0.2) is 48.7 Å². The molecule has 0 bridgehead atoms. The average Bonchev–Trinajstić information content (AvgIpc) is 3.21. The van der Waals surface area contributed by atoms with E-state index in [0.717, 1.165) is 61.5 Å². The highest BCUT2D eigenvalue weighted by Crippen LogP contribution is 2.58. The van der Waals surface area contributed by atoms with Crippen LogP contribution in [0.2, 0.25) is 5.02 Å². The van der Waals surface area contributed by atoms with Crippen molar-refractivity contribution in [1.82, 2.24) is 4.98 Å². The Morgan fingerprint density at radius 3 is 2.73 bits per heavy atom. The van der Waals surface area contributed by atoms with Gasteiger partial charge in [-0.3, -0.25) is 4.98 Å². The lowest BCUT2D eigenvalue weighted by Crippen LogP contribution is -2.53. The van der Waals surface area contributed by atoms with E-state index in [1.165, 1.54) is 42.3 Å². The minimum absolute atomic E-state index is 0.0940. The van der Waals surface area contributed by atoms with Crippen molar-refractivity contribution in [3.8, 4) is 17.2 Å². The Bertz CT molecular complexity index is 1650. The quantitative estimate of drug-likeness (QED) is 0.240. The fourth-order valence-corrected chi connectivity index (χ4v) is 9.30. The van der Waals surface area contributed by atoms with Crippen LogP contribution in [-0.4, -0.2) is 42.9 Å². The van der Waals surface area contributed by atoms with E-state index in [0.29, 0.717) is 48.8 Å². The number of rotatable bonds is 8. The molecular weight excluding hydrogens is 624 g/mol. The van der Waals surface area contributed by atoms with Crippen LogP contribution in [-0.2, 0) is 27.8 Å². The summed E-state index contributed by atoms with van der Waals surface area (Å²) in [5.41, 5.74) is 5.10. The summed E-state index contributed by atoms with van der Waals surface area (Å²) in [6.45, 7) is 8.04. The van der Waals surface area contributed by atoms with Crippen molar-refractivity contribution < 1.29 is 23.7 Å². The van der Waals surface area contributed by atoms with Gasteiger partial charge in [-0.25, -0.2) is 4.79 Å². The fourth-order valence-electron chi connectivity index (χ4n) is 9.11. The number of nitrogens with zero attached hydrogens (tertiary/aromatic N) is 1. The van der Waals surface area contributed by atoms with Crippen LogP contribution in [0, 0.1) is 11.8 Å². The third kappa shape index (κ3) is 6.23. The summed E-state index contributed by atoms with van der Waals surface area (Å²) in [6, 6.07) is 14.2. The number of pyridine rings is 1. The predicted molar refractivity (Wildman–Crippen MR) is 189 cm³/mol. The van der Waals surface area contributed by atoms with Crippen molar-refractivity contribution in [2.45, 2.75) is 108 Å². The highest BCUT2D eigenvalue weighted by Gasteiger charge is 2.55.